The molecular weight excluding hydrogens is 548 g/mol. The Morgan fingerprint density at radius 3 is 1.16 bits per heavy atom. The van der Waals surface area contributed by atoms with Crippen molar-refractivity contribution in [1.82, 2.24) is 10.3 Å². The maximum Gasteiger partial charge on any atom is 0.215 e. The third kappa shape index (κ3) is 5.55. The Morgan fingerprint density at radius 1 is 0.442 bits per heavy atom. The number of hydrogen-bond donors (Lipinski definition) is 0. The van der Waals surface area contributed by atoms with Crippen LogP contribution in [0, 0.1) is 0 Å². The Morgan fingerprint density at radius 2 is 0.791 bits per heavy atom. The van der Waals surface area contributed by atoms with E-state index in [-0.39, 0.29) is 22.5 Å². The molecule has 43 heavy (non-hydrogen) atoms. The van der Waals surface area contributed by atoms with E-state index < -0.39 is 23.1 Å². The highest BCUT2D eigenvalue weighted by molar-refractivity contribution is 6.19. The van der Waals surface area contributed by atoms with E-state index in [2.05, 4.69) is 10.3 Å². The summed E-state index contributed by atoms with van der Waals surface area (Å²) in [6, 6.07) is 29.7. The van der Waals surface area contributed by atoms with Crippen LogP contribution in [-0.2, 0) is 0 Å². The first-order valence-electron chi connectivity index (χ1n) is 13.0. The van der Waals surface area contributed by atoms with E-state index in [0.717, 1.165) is 12.5 Å². The highest BCUT2D eigenvalue weighted by Gasteiger charge is 2.25. The molecule has 0 aliphatic heterocycles. The van der Waals surface area contributed by atoms with Crippen molar-refractivity contribution < 1.29 is 33.0 Å². The van der Waals surface area contributed by atoms with E-state index in [0.29, 0.717) is 33.8 Å². The summed E-state index contributed by atoms with van der Waals surface area (Å²) >= 11 is 0. The van der Waals surface area contributed by atoms with Gasteiger partial charge in [-0.25, -0.2) is 0 Å². The van der Waals surface area contributed by atoms with Gasteiger partial charge in [0.2, 0.25) is 11.6 Å². The first-order valence-corrected chi connectivity index (χ1v) is 13.0. The summed E-state index contributed by atoms with van der Waals surface area (Å²) in [5.41, 5.74) is 1.41. The Kier molecular flexibility index (Phi) is 7.35. The lowest BCUT2D eigenvalue weighted by Gasteiger charge is -2.08. The smallest absolute Gasteiger partial charge is 0.215 e. The lowest BCUT2D eigenvalue weighted by molar-refractivity contribution is 0.1000. The number of hydrogen-bond acceptors (Lipinski definition) is 9. The van der Waals surface area contributed by atoms with Crippen molar-refractivity contribution in [3.05, 3.63) is 166 Å². The average Bonchev–Trinajstić information content (AvgIpc) is 3.76. The van der Waals surface area contributed by atoms with Crippen LogP contribution in [0.5, 0.6) is 11.5 Å². The lowest BCUT2D eigenvalue weighted by atomic mass is 9.99. The summed E-state index contributed by atoms with van der Waals surface area (Å²) in [5, 5.41) is 7.51. The van der Waals surface area contributed by atoms with E-state index in [1.807, 2.05) is 0 Å². The number of benzene rings is 4. The molecule has 208 valence electrons. The van der Waals surface area contributed by atoms with Gasteiger partial charge in [0.15, 0.2) is 23.0 Å². The molecule has 9 heteroatoms. The zero-order chi connectivity index (χ0) is 29.8. The Balaban J connectivity index is 1.13. The largest absolute Gasteiger partial charge is 0.457 e. The third-order valence-electron chi connectivity index (χ3n) is 6.60. The highest BCUT2D eigenvalue weighted by Crippen LogP contribution is 2.25. The van der Waals surface area contributed by atoms with Crippen LogP contribution in [0.15, 0.2) is 131 Å². The molecule has 0 radical (unpaired) electrons. The fourth-order valence-electron chi connectivity index (χ4n) is 4.37. The predicted molar refractivity (Wildman–Crippen MR) is 153 cm³/mol. The second kappa shape index (κ2) is 11.7. The molecule has 0 N–H and O–H groups in total. The van der Waals surface area contributed by atoms with Crippen LogP contribution < -0.4 is 4.74 Å². The van der Waals surface area contributed by atoms with Crippen molar-refractivity contribution >= 4 is 23.1 Å². The molecule has 2 aromatic heterocycles. The summed E-state index contributed by atoms with van der Waals surface area (Å²) in [5.74, 6) is -0.791. The Hall–Kier alpha value is -6.22. The predicted octanol–water partition coefficient (Wildman–Crippen LogP) is 6.38. The second-order valence-corrected chi connectivity index (χ2v) is 9.35. The normalized spacial score (nSPS) is 10.7. The van der Waals surface area contributed by atoms with Crippen LogP contribution >= 0.6 is 0 Å². The minimum atomic E-state index is -0.422. The van der Waals surface area contributed by atoms with Crippen molar-refractivity contribution in [2.45, 2.75) is 0 Å². The molecule has 0 unspecified atom stereocenters. The fourth-order valence-corrected chi connectivity index (χ4v) is 4.37. The van der Waals surface area contributed by atoms with E-state index in [1.54, 1.807) is 109 Å². The first-order chi connectivity index (χ1) is 21.0. The molecule has 0 saturated heterocycles. The van der Waals surface area contributed by atoms with Crippen molar-refractivity contribution in [2.75, 3.05) is 0 Å². The zero-order valence-corrected chi connectivity index (χ0v) is 22.3. The van der Waals surface area contributed by atoms with Gasteiger partial charge in [0.05, 0.1) is 11.1 Å². The minimum absolute atomic E-state index is 0.0595. The van der Waals surface area contributed by atoms with Crippen LogP contribution in [0.3, 0.4) is 0 Å². The van der Waals surface area contributed by atoms with Gasteiger partial charge < -0.3 is 13.8 Å². The zero-order valence-electron chi connectivity index (χ0n) is 22.3. The maximum absolute atomic E-state index is 13.1. The molecular formula is C34H20N2O7. The van der Waals surface area contributed by atoms with Crippen LogP contribution in [0.2, 0.25) is 0 Å². The van der Waals surface area contributed by atoms with Crippen molar-refractivity contribution in [3.8, 4) is 11.5 Å². The number of rotatable bonds is 10. The molecule has 0 aliphatic carbocycles. The molecule has 0 bridgehead atoms. The number of ether oxygens (including phenoxy) is 1. The van der Waals surface area contributed by atoms with Crippen LogP contribution in [0.4, 0.5) is 0 Å². The summed E-state index contributed by atoms with van der Waals surface area (Å²) in [6.07, 6.45) is 2.32. The number of nitrogens with zero attached hydrogens (tertiary/aromatic N) is 2. The number of carbonyl (C=O) groups excluding carboxylic acids is 4. The SMILES string of the molecule is O=C(c1ccc(Oc2ccc(C(=O)c3conc3C(=O)c3ccccc3)cc2)cc1)c1conc1C(=O)c1ccccc1. The quantitative estimate of drug-likeness (QED) is 0.173. The van der Waals surface area contributed by atoms with E-state index >= 15 is 0 Å². The summed E-state index contributed by atoms with van der Waals surface area (Å²) in [6.45, 7) is 0. The molecule has 6 rings (SSSR count). The number of carbonyl (C=O) groups is 4. The van der Waals surface area contributed by atoms with Crippen LogP contribution in [0.25, 0.3) is 0 Å². The molecule has 9 nitrogen and oxygen atoms in total. The Labute approximate surface area is 244 Å². The van der Waals surface area contributed by atoms with E-state index in [9.17, 15) is 19.2 Å². The van der Waals surface area contributed by atoms with Crippen LogP contribution in [0.1, 0.15) is 63.9 Å². The van der Waals surface area contributed by atoms with Crippen molar-refractivity contribution in [1.29, 1.82) is 0 Å². The molecule has 4 aromatic carbocycles. The Bertz CT molecular complexity index is 1800. The lowest BCUT2D eigenvalue weighted by Crippen LogP contribution is -2.10. The van der Waals surface area contributed by atoms with Crippen molar-refractivity contribution in [2.24, 2.45) is 0 Å². The van der Waals surface area contributed by atoms with Gasteiger partial charge in [-0.2, -0.15) is 0 Å². The number of aromatic nitrogens is 2. The van der Waals surface area contributed by atoms with E-state index in [4.69, 9.17) is 13.8 Å². The summed E-state index contributed by atoms with van der Waals surface area (Å²) in [7, 11) is 0. The third-order valence-corrected chi connectivity index (χ3v) is 6.60. The molecule has 2 heterocycles. The molecule has 0 amide bonds. The molecule has 0 saturated carbocycles. The molecule has 6 aromatic rings. The topological polar surface area (TPSA) is 130 Å². The maximum atomic E-state index is 13.1. The van der Waals surface area contributed by atoms with Gasteiger partial charge in [-0.3, -0.25) is 19.2 Å². The number of ketones is 4. The van der Waals surface area contributed by atoms with Gasteiger partial charge in [-0.05, 0) is 48.5 Å². The minimum Gasteiger partial charge on any atom is -0.457 e. The van der Waals surface area contributed by atoms with E-state index in [1.165, 1.54) is 0 Å². The standard InChI is InChI=1S/C34H20N2O7/c37-31(27-19-41-35-29(27)33(39)21-7-3-1-4-8-21)23-11-15-25(16-12-23)43-26-17-13-24(14-18-26)32(38)28-20-42-36-30(28)34(40)22-9-5-2-6-10-22/h1-20H. The molecule has 0 fully saturated rings. The molecule has 0 atom stereocenters. The van der Waals surface area contributed by atoms with Crippen molar-refractivity contribution in [3.63, 3.8) is 0 Å². The van der Waals surface area contributed by atoms with Crippen LogP contribution in [-0.4, -0.2) is 33.4 Å². The molecule has 0 spiro atoms. The summed E-state index contributed by atoms with van der Waals surface area (Å²) < 4.78 is 15.8. The second-order valence-electron chi connectivity index (χ2n) is 9.35. The van der Waals surface area contributed by atoms with Gasteiger partial charge in [0.25, 0.3) is 0 Å². The molecule has 0 aliphatic rings. The average molecular weight is 569 g/mol. The highest BCUT2D eigenvalue weighted by atomic mass is 16.5. The van der Waals surface area contributed by atoms with Gasteiger partial charge in [-0.1, -0.05) is 71.0 Å². The van der Waals surface area contributed by atoms with Gasteiger partial charge in [0, 0.05) is 22.3 Å². The fraction of sp³-hybridized carbons (Fsp3) is 0. The van der Waals surface area contributed by atoms with Gasteiger partial charge in [-0.15, -0.1) is 0 Å². The first kappa shape index (κ1) is 27.0. The summed E-state index contributed by atoms with van der Waals surface area (Å²) in [4.78, 5) is 51.9. The van der Waals surface area contributed by atoms with Gasteiger partial charge in [0.1, 0.15) is 24.0 Å². The monoisotopic (exact) mass is 568 g/mol. The van der Waals surface area contributed by atoms with Gasteiger partial charge >= 0.3 is 0 Å².